The molecule has 0 atom stereocenters. The zero-order chi connectivity index (χ0) is 14.8. The summed E-state index contributed by atoms with van der Waals surface area (Å²) in [5.41, 5.74) is 1.21. The lowest BCUT2D eigenvalue weighted by Gasteiger charge is -2.07. The van der Waals surface area contributed by atoms with Crippen LogP contribution < -0.4 is 0 Å². The van der Waals surface area contributed by atoms with Gasteiger partial charge in [-0.1, -0.05) is 30.3 Å². The molecule has 3 aromatic rings. The fraction of sp³-hybridized carbons (Fsp3) is 0.0667. The lowest BCUT2D eigenvalue weighted by molar-refractivity contribution is 0.560. The maximum absolute atomic E-state index is 14.2. The van der Waals surface area contributed by atoms with Gasteiger partial charge in [0.25, 0.3) is 0 Å². The van der Waals surface area contributed by atoms with Gasteiger partial charge in [-0.15, -0.1) is 0 Å². The van der Waals surface area contributed by atoms with Crippen molar-refractivity contribution < 1.29 is 8.78 Å². The highest BCUT2D eigenvalue weighted by Crippen LogP contribution is 2.26. The van der Waals surface area contributed by atoms with Crippen molar-refractivity contribution in [3.63, 3.8) is 0 Å². The molecule has 106 valence electrons. The lowest BCUT2D eigenvalue weighted by atomic mass is 10.0. The van der Waals surface area contributed by atoms with Gasteiger partial charge in [-0.05, 0) is 46.4 Å². The van der Waals surface area contributed by atoms with E-state index in [-0.39, 0.29) is 16.5 Å². The number of rotatable bonds is 3. The third-order valence-electron chi connectivity index (χ3n) is 3.03. The number of halogens is 3. The summed E-state index contributed by atoms with van der Waals surface area (Å²) in [7, 11) is 0. The van der Waals surface area contributed by atoms with Gasteiger partial charge in [0.15, 0.2) is 0 Å². The molecule has 1 heterocycles. The molecule has 6 heteroatoms. The highest BCUT2D eigenvalue weighted by Gasteiger charge is 2.15. The average molecular weight is 323 g/mol. The second-order valence-corrected chi connectivity index (χ2v) is 5.76. The van der Waals surface area contributed by atoms with Crippen LogP contribution in [0.15, 0.2) is 42.5 Å². The van der Waals surface area contributed by atoms with Crippen molar-refractivity contribution in [2.45, 2.75) is 6.42 Å². The summed E-state index contributed by atoms with van der Waals surface area (Å²) in [6.45, 7) is 0. The van der Waals surface area contributed by atoms with E-state index in [1.54, 1.807) is 12.1 Å². The lowest BCUT2D eigenvalue weighted by Crippen LogP contribution is -1.99. The number of hydrogen-bond acceptors (Lipinski definition) is 3. The molecule has 0 saturated carbocycles. The molecule has 0 radical (unpaired) electrons. The summed E-state index contributed by atoms with van der Waals surface area (Å²) < 4.78 is 32.5. The minimum absolute atomic E-state index is 0.0179. The monoisotopic (exact) mass is 322 g/mol. The van der Waals surface area contributed by atoms with Crippen molar-refractivity contribution in [3.8, 4) is 11.1 Å². The number of nitrogens with zero attached hydrogens (tertiary/aromatic N) is 2. The van der Waals surface area contributed by atoms with Gasteiger partial charge >= 0.3 is 0 Å². The first-order valence-corrected chi connectivity index (χ1v) is 7.30. The molecule has 0 unspecified atom stereocenters. The highest BCUT2D eigenvalue weighted by molar-refractivity contribution is 7.10. The van der Waals surface area contributed by atoms with E-state index in [4.69, 9.17) is 11.6 Å². The summed E-state index contributed by atoms with van der Waals surface area (Å²) in [5.74, 6) is -0.908. The third-order valence-corrected chi connectivity index (χ3v) is 3.86. The fourth-order valence-electron chi connectivity index (χ4n) is 2.03. The molecule has 0 bridgehead atoms. The largest absolute Gasteiger partial charge is 0.208 e. The predicted molar refractivity (Wildman–Crippen MR) is 79.5 cm³/mol. The summed E-state index contributed by atoms with van der Waals surface area (Å²) in [4.78, 5) is 3.91. The van der Waals surface area contributed by atoms with Crippen molar-refractivity contribution in [1.29, 1.82) is 0 Å². The van der Waals surface area contributed by atoms with Gasteiger partial charge < -0.3 is 0 Å². The minimum Gasteiger partial charge on any atom is -0.208 e. The number of hydrogen-bond donors (Lipinski definition) is 0. The molecule has 0 amide bonds. The second-order valence-electron chi connectivity index (χ2n) is 4.42. The van der Waals surface area contributed by atoms with E-state index < -0.39 is 11.6 Å². The second kappa shape index (κ2) is 5.87. The maximum Gasteiger partial charge on any atom is 0.203 e. The van der Waals surface area contributed by atoms with Crippen LogP contribution in [0.1, 0.15) is 11.4 Å². The Morgan fingerprint density at radius 2 is 1.67 bits per heavy atom. The first-order valence-electron chi connectivity index (χ1n) is 6.15. The molecule has 1 aromatic heterocycles. The van der Waals surface area contributed by atoms with Gasteiger partial charge in [0, 0.05) is 12.0 Å². The SMILES string of the molecule is Fc1cc(-c2ccccc2)cc(F)c1Cc1nsc(Cl)n1. The Kier molecular flexibility index (Phi) is 3.94. The van der Waals surface area contributed by atoms with Crippen LogP contribution in [0.2, 0.25) is 4.47 Å². The topological polar surface area (TPSA) is 25.8 Å². The van der Waals surface area contributed by atoms with E-state index in [0.29, 0.717) is 11.4 Å². The van der Waals surface area contributed by atoms with Crippen LogP contribution in [-0.4, -0.2) is 9.36 Å². The molecule has 3 rings (SSSR count). The van der Waals surface area contributed by atoms with Crippen LogP contribution in [0.3, 0.4) is 0 Å². The van der Waals surface area contributed by atoms with E-state index in [9.17, 15) is 8.78 Å². The highest BCUT2D eigenvalue weighted by atomic mass is 35.5. The summed E-state index contributed by atoms with van der Waals surface area (Å²) in [5, 5.41) is 0. The van der Waals surface area contributed by atoms with Crippen molar-refractivity contribution in [2.24, 2.45) is 0 Å². The Morgan fingerprint density at radius 3 is 2.24 bits per heavy atom. The zero-order valence-corrected chi connectivity index (χ0v) is 12.3. The van der Waals surface area contributed by atoms with Gasteiger partial charge in [0.2, 0.25) is 4.47 Å². The average Bonchev–Trinajstić information content (AvgIpc) is 2.89. The van der Waals surface area contributed by atoms with Gasteiger partial charge in [-0.2, -0.15) is 4.37 Å². The number of benzene rings is 2. The molecule has 0 N–H and O–H groups in total. The quantitative estimate of drug-likeness (QED) is 0.697. The van der Waals surface area contributed by atoms with Crippen molar-refractivity contribution in [3.05, 3.63) is 70.0 Å². The molecule has 0 fully saturated rings. The van der Waals surface area contributed by atoms with Crippen LogP contribution in [0, 0.1) is 11.6 Å². The van der Waals surface area contributed by atoms with Crippen molar-refractivity contribution >= 4 is 23.1 Å². The van der Waals surface area contributed by atoms with E-state index in [1.807, 2.05) is 18.2 Å². The van der Waals surface area contributed by atoms with Gasteiger partial charge in [-0.25, -0.2) is 13.8 Å². The molecule has 2 aromatic carbocycles. The van der Waals surface area contributed by atoms with E-state index in [0.717, 1.165) is 17.1 Å². The Balaban J connectivity index is 1.97. The molecule has 0 saturated heterocycles. The molecule has 0 aliphatic carbocycles. The molecule has 2 nitrogen and oxygen atoms in total. The van der Waals surface area contributed by atoms with Gasteiger partial charge in [-0.3, -0.25) is 0 Å². The van der Waals surface area contributed by atoms with Crippen LogP contribution in [0.4, 0.5) is 8.78 Å². The summed E-state index contributed by atoms with van der Waals surface area (Å²) in [6.07, 6.45) is -0.0179. The van der Waals surface area contributed by atoms with Crippen molar-refractivity contribution in [2.75, 3.05) is 0 Å². The molecule has 0 aliphatic rings. The Bertz CT molecular complexity index is 751. The molecule has 21 heavy (non-hydrogen) atoms. The Labute approximate surface area is 129 Å². The van der Waals surface area contributed by atoms with Crippen LogP contribution in [0.5, 0.6) is 0 Å². The van der Waals surface area contributed by atoms with Crippen LogP contribution >= 0.6 is 23.1 Å². The first kappa shape index (κ1) is 14.1. The summed E-state index contributed by atoms with van der Waals surface area (Å²) >= 11 is 6.66. The van der Waals surface area contributed by atoms with Gasteiger partial charge in [0.1, 0.15) is 17.5 Å². The number of aromatic nitrogens is 2. The maximum atomic E-state index is 14.2. The summed E-state index contributed by atoms with van der Waals surface area (Å²) in [6, 6.07) is 11.7. The first-order chi connectivity index (χ1) is 10.1. The molecule has 0 aliphatic heterocycles. The van der Waals surface area contributed by atoms with Gasteiger partial charge in [0.05, 0.1) is 0 Å². The minimum atomic E-state index is -0.611. The predicted octanol–water partition coefficient (Wildman–Crippen LogP) is 4.73. The van der Waals surface area contributed by atoms with Crippen LogP contribution in [-0.2, 0) is 6.42 Å². The van der Waals surface area contributed by atoms with Crippen LogP contribution in [0.25, 0.3) is 11.1 Å². The van der Waals surface area contributed by atoms with E-state index in [2.05, 4.69) is 9.36 Å². The van der Waals surface area contributed by atoms with E-state index >= 15 is 0 Å². The molecule has 0 spiro atoms. The molecular weight excluding hydrogens is 314 g/mol. The normalized spacial score (nSPS) is 10.8. The standard InChI is InChI=1S/C15H9ClF2N2S/c16-15-19-14(20-21-15)8-11-12(17)6-10(7-13(11)18)9-4-2-1-3-5-9/h1-7H,8H2. The molecular formula is C15H9ClF2N2S. The van der Waals surface area contributed by atoms with E-state index in [1.165, 1.54) is 12.1 Å². The zero-order valence-electron chi connectivity index (χ0n) is 10.7. The fourth-order valence-corrected chi connectivity index (χ4v) is 2.67. The van der Waals surface area contributed by atoms with Crippen molar-refractivity contribution in [1.82, 2.24) is 9.36 Å². The smallest absolute Gasteiger partial charge is 0.203 e. The Hall–Kier alpha value is -1.85. The third kappa shape index (κ3) is 3.09. The Morgan fingerprint density at radius 1 is 1.00 bits per heavy atom.